The third-order valence-corrected chi connectivity index (χ3v) is 6.74. The van der Waals surface area contributed by atoms with E-state index < -0.39 is 47.4 Å². The van der Waals surface area contributed by atoms with Crippen molar-refractivity contribution in [1.82, 2.24) is 10.6 Å². The number of esters is 2. The zero-order chi connectivity index (χ0) is 27.6. The summed E-state index contributed by atoms with van der Waals surface area (Å²) >= 11 is 0. The average molecular weight is 525 g/mol. The number of carbonyl (C=O) groups is 4. The molecule has 0 aromatic rings. The molecule has 0 aromatic carbocycles. The first-order valence-electron chi connectivity index (χ1n) is 14.0. The fourth-order valence-corrected chi connectivity index (χ4v) is 5.08. The van der Waals surface area contributed by atoms with Crippen molar-refractivity contribution in [2.75, 3.05) is 0 Å². The van der Waals surface area contributed by atoms with Crippen molar-refractivity contribution in [3.8, 4) is 0 Å². The molecule has 2 fully saturated rings. The summed E-state index contributed by atoms with van der Waals surface area (Å²) in [4.78, 5) is 51.3. The Balaban J connectivity index is 2.11. The van der Waals surface area contributed by atoms with E-state index in [1.54, 1.807) is 41.5 Å². The van der Waals surface area contributed by atoms with Crippen LogP contribution in [0.3, 0.4) is 0 Å². The smallest absolute Gasteiger partial charge is 0.408 e. The Morgan fingerprint density at radius 2 is 0.946 bits per heavy atom. The fraction of sp³-hybridized carbons (Fsp3) is 0.857. The third kappa shape index (κ3) is 12.7. The van der Waals surface area contributed by atoms with E-state index in [1.165, 1.54) is 0 Å². The van der Waals surface area contributed by atoms with Gasteiger partial charge in [0.15, 0.2) is 0 Å². The van der Waals surface area contributed by atoms with E-state index in [1.807, 2.05) is 0 Å². The maximum absolute atomic E-state index is 13.2. The minimum absolute atomic E-state index is 0.245. The Bertz CT molecular complexity index is 708. The van der Waals surface area contributed by atoms with Crippen molar-refractivity contribution in [2.45, 2.75) is 142 Å². The molecule has 212 valence electrons. The summed E-state index contributed by atoms with van der Waals surface area (Å²) in [5.74, 6) is -1.18. The second-order valence-electron chi connectivity index (χ2n) is 12.6. The first kappa shape index (κ1) is 30.9. The van der Waals surface area contributed by atoms with Gasteiger partial charge in [-0.05, 0) is 66.2 Å². The molecule has 0 aromatic heterocycles. The van der Waals surface area contributed by atoms with Crippen molar-refractivity contribution in [1.29, 1.82) is 0 Å². The quantitative estimate of drug-likeness (QED) is 0.234. The van der Waals surface area contributed by atoms with Crippen LogP contribution in [-0.2, 0) is 23.8 Å². The van der Waals surface area contributed by atoms with Crippen LogP contribution >= 0.6 is 0 Å². The highest BCUT2D eigenvalue weighted by Gasteiger charge is 2.34. The average Bonchev–Trinajstić information content (AvgIpc) is 2.77. The molecule has 0 aliphatic heterocycles. The van der Waals surface area contributed by atoms with Gasteiger partial charge in [-0.2, -0.15) is 0 Å². The molecular formula is C28H48N2O7. The summed E-state index contributed by atoms with van der Waals surface area (Å²) in [6, 6.07) is -2.03. The van der Waals surface area contributed by atoms with Gasteiger partial charge in [0.2, 0.25) is 0 Å². The standard InChI is InChI=1S/C28H48N2O7/c1-27(2,3)36-25(33)29-21(17-19-13-9-7-10-14-19)23(31)35-24(32)22(18-20-15-11-8-12-16-20)30-26(34)37-28(4,5)6/h19-22H,7-18H2,1-6H3,(H,29,33)(H,30,34)/t21-,22-/m0/s1. The van der Waals surface area contributed by atoms with Crippen LogP contribution in [0.4, 0.5) is 9.59 Å². The van der Waals surface area contributed by atoms with E-state index in [-0.39, 0.29) is 11.8 Å². The van der Waals surface area contributed by atoms with Gasteiger partial charge in [-0.15, -0.1) is 0 Å². The maximum Gasteiger partial charge on any atom is 0.408 e. The SMILES string of the molecule is CC(C)(C)OC(=O)N[C@@H](CC1CCCCC1)C(=O)OC(=O)[C@H](CC1CCCCC1)NC(=O)OC(C)(C)C. The van der Waals surface area contributed by atoms with Crippen LogP contribution in [0.1, 0.15) is 119 Å². The zero-order valence-electron chi connectivity index (χ0n) is 23.7. The van der Waals surface area contributed by atoms with Crippen molar-refractivity contribution in [2.24, 2.45) is 11.8 Å². The molecule has 9 heteroatoms. The summed E-state index contributed by atoms with van der Waals surface area (Å²) in [6.07, 6.45) is 9.70. The van der Waals surface area contributed by atoms with Gasteiger partial charge in [0, 0.05) is 0 Å². The lowest BCUT2D eigenvalue weighted by Crippen LogP contribution is -2.49. The Morgan fingerprint density at radius 1 is 0.622 bits per heavy atom. The van der Waals surface area contributed by atoms with Gasteiger partial charge in [0.25, 0.3) is 0 Å². The monoisotopic (exact) mass is 524 g/mol. The molecule has 37 heavy (non-hydrogen) atoms. The molecule has 9 nitrogen and oxygen atoms in total. The van der Waals surface area contributed by atoms with E-state index in [0.29, 0.717) is 12.8 Å². The van der Waals surface area contributed by atoms with Gasteiger partial charge in [0.1, 0.15) is 23.3 Å². The van der Waals surface area contributed by atoms with E-state index in [9.17, 15) is 19.2 Å². The summed E-state index contributed by atoms with van der Waals surface area (Å²) in [6.45, 7) is 10.4. The van der Waals surface area contributed by atoms with Crippen molar-refractivity contribution >= 4 is 24.1 Å². The Kier molecular flexibility index (Phi) is 11.7. The normalized spacial score (nSPS) is 19.3. The predicted octanol–water partition coefficient (Wildman–Crippen LogP) is 5.78. The van der Waals surface area contributed by atoms with Gasteiger partial charge in [0.05, 0.1) is 0 Å². The van der Waals surface area contributed by atoms with Crippen LogP contribution in [-0.4, -0.2) is 47.4 Å². The lowest BCUT2D eigenvalue weighted by Gasteiger charge is -2.29. The van der Waals surface area contributed by atoms with Crippen LogP contribution in [0.15, 0.2) is 0 Å². The molecule has 2 atom stereocenters. The molecule has 0 unspecified atom stereocenters. The van der Waals surface area contributed by atoms with Crippen LogP contribution < -0.4 is 10.6 Å². The second-order valence-corrected chi connectivity index (χ2v) is 12.6. The number of alkyl carbamates (subject to hydrolysis) is 2. The predicted molar refractivity (Wildman–Crippen MR) is 140 cm³/mol. The number of amides is 2. The summed E-state index contributed by atoms with van der Waals surface area (Å²) in [5, 5.41) is 5.24. The third-order valence-electron chi connectivity index (χ3n) is 6.74. The number of rotatable bonds is 8. The van der Waals surface area contributed by atoms with Gasteiger partial charge < -0.3 is 24.8 Å². The maximum atomic E-state index is 13.2. The second kappa shape index (κ2) is 14.0. The highest BCUT2D eigenvalue weighted by Crippen LogP contribution is 2.29. The first-order chi connectivity index (χ1) is 17.2. The van der Waals surface area contributed by atoms with Crippen LogP contribution in [0.25, 0.3) is 0 Å². The molecule has 2 saturated carbocycles. The molecule has 0 radical (unpaired) electrons. The fourth-order valence-electron chi connectivity index (χ4n) is 5.08. The van der Waals surface area contributed by atoms with Gasteiger partial charge >= 0.3 is 24.1 Å². The molecule has 0 saturated heterocycles. The van der Waals surface area contributed by atoms with E-state index >= 15 is 0 Å². The van der Waals surface area contributed by atoms with Crippen LogP contribution in [0.2, 0.25) is 0 Å². The Hall–Kier alpha value is -2.32. The van der Waals surface area contributed by atoms with Crippen molar-refractivity contribution in [3.63, 3.8) is 0 Å². The topological polar surface area (TPSA) is 120 Å². The van der Waals surface area contributed by atoms with Gasteiger partial charge in [-0.3, -0.25) is 0 Å². The highest BCUT2D eigenvalue weighted by atomic mass is 16.6. The molecule has 0 heterocycles. The molecule has 2 amide bonds. The number of carbonyl (C=O) groups excluding carboxylic acids is 4. The zero-order valence-corrected chi connectivity index (χ0v) is 23.7. The van der Waals surface area contributed by atoms with Gasteiger partial charge in [-0.25, -0.2) is 19.2 Å². The molecule has 2 aliphatic carbocycles. The summed E-state index contributed by atoms with van der Waals surface area (Å²) in [7, 11) is 0. The van der Waals surface area contributed by atoms with Gasteiger partial charge in [-0.1, -0.05) is 64.2 Å². The number of hydrogen-bond acceptors (Lipinski definition) is 7. The molecule has 0 spiro atoms. The Labute approximate surface area is 222 Å². The lowest BCUT2D eigenvalue weighted by molar-refractivity contribution is -0.163. The molecule has 2 aliphatic rings. The number of ether oxygens (including phenoxy) is 3. The van der Waals surface area contributed by atoms with Crippen LogP contribution in [0, 0.1) is 11.8 Å². The highest BCUT2D eigenvalue weighted by molar-refractivity contribution is 5.93. The summed E-state index contributed by atoms with van der Waals surface area (Å²) in [5.41, 5.74) is -1.47. The molecular weight excluding hydrogens is 476 g/mol. The Morgan fingerprint density at radius 3 is 1.24 bits per heavy atom. The first-order valence-corrected chi connectivity index (χ1v) is 14.0. The van der Waals surface area contributed by atoms with Crippen molar-refractivity contribution < 1.29 is 33.4 Å². The lowest BCUT2D eigenvalue weighted by atomic mass is 9.84. The minimum atomic E-state index is -1.02. The van der Waals surface area contributed by atoms with Crippen LogP contribution in [0.5, 0.6) is 0 Å². The molecule has 0 bridgehead atoms. The summed E-state index contributed by atoms with van der Waals surface area (Å²) < 4.78 is 16.0. The van der Waals surface area contributed by atoms with E-state index in [0.717, 1.165) is 64.2 Å². The largest absolute Gasteiger partial charge is 0.444 e. The van der Waals surface area contributed by atoms with Crippen molar-refractivity contribution in [3.05, 3.63) is 0 Å². The van der Waals surface area contributed by atoms with E-state index in [4.69, 9.17) is 14.2 Å². The number of nitrogens with one attached hydrogen (secondary N) is 2. The molecule has 2 rings (SSSR count). The minimum Gasteiger partial charge on any atom is -0.444 e. The van der Waals surface area contributed by atoms with E-state index in [2.05, 4.69) is 10.6 Å². The molecule has 2 N–H and O–H groups in total. The number of hydrogen-bond donors (Lipinski definition) is 2.